The number of nitrogens with one attached hydrogen (secondary N) is 2. The Bertz CT molecular complexity index is 908. The molecule has 0 fully saturated rings. The molecule has 0 saturated carbocycles. The molecule has 0 radical (unpaired) electrons. The molecule has 1 unspecified atom stereocenters. The third kappa shape index (κ3) is 4.95. The maximum absolute atomic E-state index is 12.4. The maximum atomic E-state index is 12.4. The van der Waals surface area contributed by atoms with E-state index in [0.717, 1.165) is 16.7 Å². The van der Waals surface area contributed by atoms with Crippen LogP contribution in [-0.2, 0) is 10.0 Å². The van der Waals surface area contributed by atoms with Gasteiger partial charge in [-0.1, -0.05) is 23.8 Å². The highest BCUT2D eigenvalue weighted by Crippen LogP contribution is 2.21. The summed E-state index contributed by atoms with van der Waals surface area (Å²) in [6, 6.07) is 8.45. The molecule has 7 heteroatoms. The van der Waals surface area contributed by atoms with Crippen molar-refractivity contribution in [2.75, 3.05) is 0 Å². The van der Waals surface area contributed by atoms with Gasteiger partial charge in [0.2, 0.25) is 5.09 Å². The molecule has 1 aromatic carbocycles. The first-order chi connectivity index (χ1) is 11.9. The van der Waals surface area contributed by atoms with Gasteiger partial charge in [0.15, 0.2) is 5.76 Å². The molecule has 1 heterocycles. The normalized spacial score (nSPS) is 13.5. The van der Waals surface area contributed by atoms with Gasteiger partial charge in [-0.25, -0.2) is 13.1 Å². The third-order valence-corrected chi connectivity index (χ3v) is 5.39. The van der Waals surface area contributed by atoms with E-state index in [1.54, 1.807) is 20.8 Å². The van der Waals surface area contributed by atoms with E-state index in [1.165, 1.54) is 12.1 Å². The van der Waals surface area contributed by atoms with Crippen LogP contribution < -0.4 is 10.0 Å². The first-order valence-electron chi connectivity index (χ1n) is 8.41. The molecule has 0 aliphatic carbocycles. The molecule has 2 N–H and O–H groups in total. The van der Waals surface area contributed by atoms with Gasteiger partial charge in [-0.15, -0.1) is 0 Å². The topological polar surface area (TPSA) is 88.4 Å². The Labute approximate surface area is 155 Å². The van der Waals surface area contributed by atoms with Crippen LogP contribution in [0.1, 0.15) is 61.0 Å². The van der Waals surface area contributed by atoms with E-state index in [4.69, 9.17) is 4.42 Å². The van der Waals surface area contributed by atoms with Crippen LogP contribution in [0.4, 0.5) is 0 Å². The number of carbonyl (C=O) groups is 1. The van der Waals surface area contributed by atoms with Crippen molar-refractivity contribution in [2.45, 2.75) is 58.2 Å². The van der Waals surface area contributed by atoms with E-state index in [2.05, 4.69) is 10.0 Å². The van der Waals surface area contributed by atoms with E-state index >= 15 is 0 Å². The predicted molar refractivity (Wildman–Crippen MR) is 101 cm³/mol. The predicted octanol–water partition coefficient (Wildman–Crippen LogP) is 3.46. The summed E-state index contributed by atoms with van der Waals surface area (Å²) in [7, 11) is -3.82. The van der Waals surface area contributed by atoms with Crippen LogP contribution in [0.25, 0.3) is 0 Å². The molecule has 142 valence electrons. The van der Waals surface area contributed by atoms with Crippen LogP contribution in [-0.4, -0.2) is 19.9 Å². The summed E-state index contributed by atoms with van der Waals surface area (Å²) in [6.07, 6.45) is 0. The van der Waals surface area contributed by atoms with Gasteiger partial charge in [-0.05, 0) is 64.8 Å². The standard InChI is InChI=1S/C19H26N2O4S/c1-12-7-8-13(2)15(11-12)14(3)20-18(22)16-9-10-17(25-16)26(23,24)21-19(4,5)6/h7-11,14,21H,1-6H3,(H,20,22). The second kappa shape index (κ2) is 7.25. The lowest BCUT2D eigenvalue weighted by atomic mass is 10.00. The van der Waals surface area contributed by atoms with Crippen molar-refractivity contribution < 1.29 is 17.6 Å². The van der Waals surface area contributed by atoms with E-state index < -0.39 is 21.5 Å². The summed E-state index contributed by atoms with van der Waals surface area (Å²) in [6.45, 7) is 11.0. The Balaban J connectivity index is 2.16. The number of benzene rings is 1. The van der Waals surface area contributed by atoms with Gasteiger partial charge in [0.1, 0.15) is 0 Å². The Morgan fingerprint density at radius 1 is 1.12 bits per heavy atom. The van der Waals surface area contributed by atoms with Crippen molar-refractivity contribution in [3.8, 4) is 0 Å². The fraction of sp³-hybridized carbons (Fsp3) is 0.421. The van der Waals surface area contributed by atoms with Crippen LogP contribution in [0.2, 0.25) is 0 Å². The Hall–Kier alpha value is -2.12. The third-order valence-electron chi connectivity index (χ3n) is 3.76. The molecule has 0 bridgehead atoms. The largest absolute Gasteiger partial charge is 0.438 e. The van der Waals surface area contributed by atoms with Gasteiger partial charge >= 0.3 is 0 Å². The van der Waals surface area contributed by atoms with Crippen LogP contribution in [0, 0.1) is 13.8 Å². The molecule has 1 aromatic heterocycles. The van der Waals surface area contributed by atoms with Gasteiger partial charge in [-0.2, -0.15) is 0 Å². The van der Waals surface area contributed by atoms with Crippen LogP contribution in [0.3, 0.4) is 0 Å². The first-order valence-corrected chi connectivity index (χ1v) is 9.89. The van der Waals surface area contributed by atoms with Gasteiger partial charge in [0.25, 0.3) is 15.9 Å². The molecule has 26 heavy (non-hydrogen) atoms. The molecule has 0 aliphatic rings. The molecule has 2 rings (SSSR count). The fourth-order valence-electron chi connectivity index (χ4n) is 2.61. The van der Waals surface area contributed by atoms with Gasteiger partial charge < -0.3 is 9.73 Å². The molecule has 1 atom stereocenters. The monoisotopic (exact) mass is 378 g/mol. The number of rotatable bonds is 5. The van der Waals surface area contributed by atoms with E-state index in [1.807, 2.05) is 39.0 Å². The summed E-state index contributed by atoms with van der Waals surface area (Å²) >= 11 is 0. The highest BCUT2D eigenvalue weighted by Gasteiger charge is 2.26. The lowest BCUT2D eigenvalue weighted by Gasteiger charge is -2.19. The second-order valence-corrected chi connectivity index (χ2v) is 9.14. The number of furan rings is 1. The average Bonchev–Trinajstić information content (AvgIpc) is 2.98. The summed E-state index contributed by atoms with van der Waals surface area (Å²) < 4.78 is 32.3. The lowest BCUT2D eigenvalue weighted by molar-refractivity contribution is 0.0906. The Kier molecular flexibility index (Phi) is 5.63. The van der Waals surface area contributed by atoms with Gasteiger partial charge in [0.05, 0.1) is 6.04 Å². The van der Waals surface area contributed by atoms with Gasteiger partial charge in [-0.3, -0.25) is 4.79 Å². The number of amides is 1. The number of carbonyl (C=O) groups excluding carboxylic acids is 1. The van der Waals surface area contributed by atoms with Crippen LogP contribution in [0.15, 0.2) is 39.8 Å². The van der Waals surface area contributed by atoms with E-state index in [9.17, 15) is 13.2 Å². The van der Waals surface area contributed by atoms with Crippen molar-refractivity contribution in [3.63, 3.8) is 0 Å². The number of hydrogen-bond donors (Lipinski definition) is 2. The number of hydrogen-bond acceptors (Lipinski definition) is 4. The molecule has 6 nitrogen and oxygen atoms in total. The molecule has 0 aliphatic heterocycles. The first kappa shape index (κ1) is 20.2. The molecule has 1 amide bonds. The number of aryl methyl sites for hydroxylation is 2. The molecule has 0 saturated heterocycles. The second-order valence-electron chi connectivity index (χ2n) is 7.53. The Morgan fingerprint density at radius 3 is 2.38 bits per heavy atom. The van der Waals surface area contributed by atoms with E-state index in [0.29, 0.717) is 0 Å². The fourth-order valence-corrected chi connectivity index (χ4v) is 3.97. The zero-order valence-electron chi connectivity index (χ0n) is 16.0. The summed E-state index contributed by atoms with van der Waals surface area (Å²) in [5.41, 5.74) is 2.53. The highest BCUT2D eigenvalue weighted by molar-refractivity contribution is 7.89. The highest BCUT2D eigenvalue weighted by atomic mass is 32.2. The summed E-state index contributed by atoms with van der Waals surface area (Å²) in [4.78, 5) is 12.4. The maximum Gasteiger partial charge on any atom is 0.287 e. The summed E-state index contributed by atoms with van der Waals surface area (Å²) in [5, 5.41) is 2.57. The average molecular weight is 378 g/mol. The molecular weight excluding hydrogens is 352 g/mol. The van der Waals surface area contributed by atoms with Crippen molar-refractivity contribution in [1.82, 2.24) is 10.0 Å². The van der Waals surface area contributed by atoms with Crippen molar-refractivity contribution in [1.29, 1.82) is 0 Å². The molecule has 2 aromatic rings. The SMILES string of the molecule is Cc1ccc(C)c(C(C)NC(=O)c2ccc(S(=O)(=O)NC(C)(C)C)o2)c1. The number of sulfonamides is 1. The Morgan fingerprint density at radius 2 is 1.77 bits per heavy atom. The summed E-state index contributed by atoms with van der Waals surface area (Å²) in [5.74, 6) is -0.507. The smallest absolute Gasteiger partial charge is 0.287 e. The minimum absolute atomic E-state index is 0.0450. The van der Waals surface area contributed by atoms with Crippen LogP contribution >= 0.6 is 0 Å². The van der Waals surface area contributed by atoms with Crippen LogP contribution in [0.5, 0.6) is 0 Å². The minimum Gasteiger partial charge on any atom is -0.438 e. The van der Waals surface area contributed by atoms with Gasteiger partial charge in [0, 0.05) is 5.54 Å². The van der Waals surface area contributed by atoms with Crippen molar-refractivity contribution in [3.05, 3.63) is 52.8 Å². The lowest BCUT2D eigenvalue weighted by Crippen LogP contribution is -2.40. The molecular formula is C19H26N2O4S. The quantitative estimate of drug-likeness (QED) is 0.834. The molecule has 0 spiro atoms. The van der Waals surface area contributed by atoms with Crippen molar-refractivity contribution in [2.24, 2.45) is 0 Å². The zero-order chi connectivity index (χ0) is 19.7. The zero-order valence-corrected chi connectivity index (χ0v) is 16.8. The van der Waals surface area contributed by atoms with Crippen molar-refractivity contribution >= 4 is 15.9 Å². The minimum atomic E-state index is -3.82. The van der Waals surface area contributed by atoms with E-state index in [-0.39, 0.29) is 16.9 Å².